The molecule has 13 heteroatoms. The van der Waals surface area contributed by atoms with Crippen molar-refractivity contribution in [2.75, 3.05) is 0 Å². The molecule has 6 rings (SSSR count). The average Bonchev–Trinajstić information content (AvgIpc) is 1.51. The fourth-order valence-corrected chi connectivity index (χ4v) is 26.6. The van der Waals surface area contributed by atoms with Crippen LogP contribution in [0.4, 0.5) is 0 Å². The second-order valence-corrected chi connectivity index (χ2v) is 52.1. The summed E-state index contributed by atoms with van der Waals surface area (Å²) in [6.07, 6.45) is 7.48. The van der Waals surface area contributed by atoms with Gasteiger partial charge in [-0.25, -0.2) is 0 Å². The minimum Gasteiger partial charge on any atom is -0.407 e. The monoisotopic (exact) mass is 1810 g/mol. The first kappa shape index (κ1) is 121. The van der Waals surface area contributed by atoms with Crippen LogP contribution in [-0.4, -0.2) is 90.1 Å². The van der Waals surface area contributed by atoms with Crippen LogP contribution >= 0.6 is 0 Å². The van der Waals surface area contributed by atoms with Crippen LogP contribution in [0.25, 0.3) is 0 Å². The highest BCUT2D eigenvalue weighted by Gasteiger charge is 2.67. The lowest BCUT2D eigenvalue weighted by molar-refractivity contribution is -0.438. The van der Waals surface area contributed by atoms with Gasteiger partial charge in [0, 0.05) is 35.5 Å². The minimum atomic E-state index is -1.63. The molecular weight excluding hydrogens is 1590 g/mol. The first-order valence-electron chi connectivity index (χ1n) is 54.2. The van der Waals surface area contributed by atoms with E-state index in [1.54, 1.807) is 0 Å². The summed E-state index contributed by atoms with van der Waals surface area (Å²) < 4.78 is 69.8. The lowest BCUT2D eigenvalue weighted by Gasteiger charge is -2.54. The van der Waals surface area contributed by atoms with E-state index in [2.05, 4.69) is 346 Å². The Labute approximate surface area is 796 Å². The van der Waals surface area contributed by atoms with Crippen molar-refractivity contribution in [1.82, 2.24) is 0 Å². The third-order valence-electron chi connectivity index (χ3n) is 31.0. The highest BCUT2D eigenvalue weighted by Crippen LogP contribution is 2.60. The molecule has 13 nitrogen and oxygen atoms in total. The molecule has 0 aliphatic carbocycles. The molecule has 1 N–H and O–H groups in total. The van der Waals surface area contributed by atoms with E-state index in [1.165, 1.54) is 19.8 Å². The number of Topliss-reactive ketones (excluding diaryl/α,β-unsaturated/α-hetero) is 1. The number of aliphatic hydroxyl groups is 1. The van der Waals surface area contributed by atoms with Gasteiger partial charge in [-0.15, -0.1) is 0 Å². The van der Waals surface area contributed by atoms with Crippen LogP contribution in [0.15, 0.2) is 0 Å². The molecule has 0 spiro atoms. The summed E-state index contributed by atoms with van der Waals surface area (Å²) in [5.41, 5.74) is 0. The number of hydrogen-bond acceptors (Lipinski definition) is 13. The van der Waals surface area contributed by atoms with Crippen molar-refractivity contribution < 1.29 is 62.1 Å². The quantitative estimate of drug-likeness (QED) is 0.0352. The molecule has 760 valence electrons. The topological polar surface area (TPSA) is 147 Å². The van der Waals surface area contributed by atoms with Crippen molar-refractivity contribution in [3.05, 3.63) is 0 Å². The number of ether oxygens (including phenoxy) is 10. The zero-order chi connectivity index (χ0) is 99.0. The molecule has 0 bridgehead atoms. The summed E-state index contributed by atoms with van der Waals surface area (Å²) in [6.45, 7) is 117. The van der Waals surface area contributed by atoms with Crippen LogP contribution in [0.1, 0.15) is 411 Å². The number of rotatable bonds is 42. The molecule has 0 radical (unpaired) electrons. The van der Waals surface area contributed by atoms with Gasteiger partial charge in [0.1, 0.15) is 12.2 Å². The molecule has 0 amide bonds. The number of carbonyl (C=O) groups is 2. The smallest absolute Gasteiger partial charge is 0.335 e. The second-order valence-electron chi connectivity index (χ2n) is 52.1. The van der Waals surface area contributed by atoms with Gasteiger partial charge in [-0.1, -0.05) is 346 Å². The molecule has 6 aliphatic heterocycles. The molecule has 6 fully saturated rings. The summed E-state index contributed by atoms with van der Waals surface area (Å²) in [5.74, 6) is 12.7. The van der Waals surface area contributed by atoms with Crippen molar-refractivity contribution >= 4 is 11.8 Å². The summed E-state index contributed by atoms with van der Waals surface area (Å²) in [7, 11) is 0. The Kier molecular flexibility index (Phi) is 50.3. The second kappa shape index (κ2) is 53.2. The molecule has 0 saturated carbocycles. The molecule has 27 atom stereocenters. The van der Waals surface area contributed by atoms with Crippen LogP contribution in [0, 0.1) is 243 Å². The Morgan fingerprint density at radius 2 is 0.531 bits per heavy atom. The fourth-order valence-electron chi connectivity index (χ4n) is 26.6. The highest BCUT2D eigenvalue weighted by molar-refractivity contribution is 5.94. The average molecular weight is 1810 g/mol. The van der Waals surface area contributed by atoms with Crippen LogP contribution in [-0.2, 0) is 57.0 Å². The van der Waals surface area contributed by atoms with Gasteiger partial charge in [-0.2, -0.15) is 0 Å². The van der Waals surface area contributed by atoms with E-state index >= 15 is 0 Å². The molecule has 6 aliphatic rings. The lowest BCUT2D eigenvalue weighted by atomic mass is 9.62. The standard InChI is InChI=1S/C36H66O6.C35H68O3.C32H62O4.C12H26/c1-19(2)16-27-30(21(5)6)32(23(9)10)33(24(11)12)35(39-27)42-36(41-29(38)18-26(15)37)34(25(13)14)31(22(7)8)28(40-36)17-20(3)4;1-19(2)17-27-29(21(5)6)31(23(9)10)32(24(11)12)34(36-27)38-35(26(15)16)33(25(13)14)30(22(7)8)28(37-35)18-20(3)4;1-17(2)15-24-26(19(5)6)28(21(9)10)29(22(11)12)31(34-24)36-32(33)30(23(13)14)27(20(7)8)25(35-32)16-18(3)4;1-9(2)7-12(11(5)6)8-10(3)4/h19-25,27-28,30-35H,16-18H2,1-15H3;19-34H,17-18H2,1-16H3;17-31,33H,15-16H2,1-14H3;9-12H,7-8H2,1-6H3. The van der Waals surface area contributed by atoms with E-state index in [0.717, 1.165) is 62.2 Å². The maximum Gasteiger partial charge on any atom is 0.335 e. The van der Waals surface area contributed by atoms with Crippen LogP contribution < -0.4 is 0 Å². The van der Waals surface area contributed by atoms with Crippen molar-refractivity contribution in [2.45, 2.75) is 484 Å². The molecule has 6 saturated heterocycles. The first-order valence-corrected chi connectivity index (χ1v) is 54.2. The van der Waals surface area contributed by atoms with Gasteiger partial charge in [-0.3, -0.25) is 19.1 Å². The predicted octanol–water partition coefficient (Wildman–Crippen LogP) is 31.3. The normalized spacial score (nSPS) is 34.1. The van der Waals surface area contributed by atoms with Crippen molar-refractivity contribution in [2.24, 2.45) is 243 Å². The summed E-state index contributed by atoms with van der Waals surface area (Å²) >= 11 is 0. The van der Waals surface area contributed by atoms with E-state index < -0.39 is 36.3 Å². The third-order valence-corrected chi connectivity index (χ3v) is 31.0. The molecule has 0 aromatic rings. The summed E-state index contributed by atoms with van der Waals surface area (Å²) in [4.78, 5) is 25.3. The maximum atomic E-state index is 13.3. The zero-order valence-corrected chi connectivity index (χ0v) is 94.1. The van der Waals surface area contributed by atoms with E-state index in [9.17, 15) is 14.7 Å². The predicted molar refractivity (Wildman–Crippen MR) is 539 cm³/mol. The molecular formula is C115H222O13. The SMILES string of the molecule is CC(=O)CC(=O)OC1(OC2OC(CC(C)C)C(C(C)C)C(C(C)C)C2C(C)C)OC(CC(C)C)C(C(C)C)C1C(C)C.CC(C)CC(CC(C)C)C(C)C.CC(C)CC1OC(OC2(C(C)C)OC(CC(C)C)C(C(C)C)C2C(C)C)C(C(C)C)C(C(C)C)C1C(C)C.CC(C)CC1OC(OC2(O)OC(CC(C)C)C(C(C)C)C2C(C)C)C(C(C)C)C(C(C)C)C1C(C)C. The van der Waals surface area contributed by atoms with Crippen molar-refractivity contribution in [3.63, 3.8) is 0 Å². The Morgan fingerprint density at radius 1 is 0.273 bits per heavy atom. The van der Waals surface area contributed by atoms with Gasteiger partial charge in [0.25, 0.3) is 5.97 Å². The van der Waals surface area contributed by atoms with Crippen molar-refractivity contribution in [1.29, 1.82) is 0 Å². The number of ketones is 1. The molecule has 6 heterocycles. The molecule has 0 aromatic heterocycles. The van der Waals surface area contributed by atoms with Crippen molar-refractivity contribution in [3.8, 4) is 0 Å². The number of carbonyl (C=O) groups excluding carboxylic acids is 2. The molecule has 27 unspecified atom stereocenters. The Hall–Kier alpha value is -1.26. The van der Waals surface area contributed by atoms with Crippen LogP contribution in [0.5, 0.6) is 0 Å². The largest absolute Gasteiger partial charge is 0.407 e. The Bertz CT molecular complexity index is 3030. The van der Waals surface area contributed by atoms with Gasteiger partial charge in [0.15, 0.2) is 24.7 Å². The van der Waals surface area contributed by atoms with Gasteiger partial charge in [0.2, 0.25) is 0 Å². The van der Waals surface area contributed by atoms with Crippen LogP contribution in [0.3, 0.4) is 0 Å². The molecule has 128 heavy (non-hydrogen) atoms. The Balaban J connectivity index is 0.000000465. The summed E-state index contributed by atoms with van der Waals surface area (Å²) in [5, 5.41) is 12.2. The minimum absolute atomic E-state index is 0.0146. The van der Waals surface area contributed by atoms with Crippen LogP contribution in [0.2, 0.25) is 0 Å². The zero-order valence-electron chi connectivity index (χ0n) is 94.1. The van der Waals surface area contributed by atoms with E-state index in [0.29, 0.717) is 154 Å². The fraction of sp³-hybridized carbons (Fsp3) is 0.983. The van der Waals surface area contributed by atoms with Gasteiger partial charge in [0.05, 0.1) is 42.5 Å². The van der Waals surface area contributed by atoms with E-state index in [1.807, 2.05) is 0 Å². The van der Waals surface area contributed by atoms with E-state index in [-0.39, 0.29) is 120 Å². The number of esters is 1. The van der Waals surface area contributed by atoms with E-state index in [4.69, 9.17) is 47.4 Å². The third kappa shape index (κ3) is 32.7. The van der Waals surface area contributed by atoms with Gasteiger partial charge < -0.3 is 43.0 Å². The molecule has 0 aromatic carbocycles. The Morgan fingerprint density at radius 3 is 0.789 bits per heavy atom. The maximum absolute atomic E-state index is 13.3. The highest BCUT2D eigenvalue weighted by atomic mass is 16.9. The summed E-state index contributed by atoms with van der Waals surface area (Å²) in [6, 6.07) is 0. The van der Waals surface area contributed by atoms with Gasteiger partial charge in [-0.05, 0) is 259 Å². The number of hydrogen-bond donors (Lipinski definition) is 1. The first-order chi connectivity index (χ1) is 58.7. The van der Waals surface area contributed by atoms with Gasteiger partial charge >= 0.3 is 11.9 Å². The lowest BCUT2D eigenvalue weighted by Crippen LogP contribution is -2.58.